The molecule has 2 rings (SSSR count). The molecule has 1 aliphatic rings. The maximum Gasteiger partial charge on any atom is 0.0104 e. The standard InChI is InChI=1S/C12H17N/c1-9-3-5-11(6-4-9)12(8-13)7-10(12)2/h3-6,10H,7-8,13H2,1-2H3. The van der Waals surface area contributed by atoms with E-state index in [0.717, 1.165) is 12.5 Å². The fraction of sp³-hybridized carbons (Fsp3) is 0.500. The van der Waals surface area contributed by atoms with Gasteiger partial charge in [-0.1, -0.05) is 36.8 Å². The lowest BCUT2D eigenvalue weighted by atomic mass is 9.93. The average molecular weight is 175 g/mol. The van der Waals surface area contributed by atoms with Crippen molar-refractivity contribution in [1.29, 1.82) is 0 Å². The van der Waals surface area contributed by atoms with Crippen LogP contribution in [0.15, 0.2) is 24.3 Å². The maximum atomic E-state index is 5.83. The molecule has 0 bridgehead atoms. The summed E-state index contributed by atoms with van der Waals surface area (Å²) in [4.78, 5) is 0. The smallest absolute Gasteiger partial charge is 0.0104 e. The predicted molar refractivity (Wildman–Crippen MR) is 55.7 cm³/mol. The van der Waals surface area contributed by atoms with E-state index in [0.29, 0.717) is 5.41 Å². The second kappa shape index (κ2) is 2.85. The first-order chi connectivity index (χ1) is 6.19. The summed E-state index contributed by atoms with van der Waals surface area (Å²) in [5.74, 6) is 0.764. The number of aryl methyl sites for hydroxylation is 1. The summed E-state index contributed by atoms with van der Waals surface area (Å²) in [5.41, 5.74) is 8.89. The Morgan fingerprint density at radius 2 is 1.92 bits per heavy atom. The van der Waals surface area contributed by atoms with Crippen LogP contribution in [0.25, 0.3) is 0 Å². The first-order valence-electron chi connectivity index (χ1n) is 4.96. The van der Waals surface area contributed by atoms with Gasteiger partial charge in [0.1, 0.15) is 0 Å². The van der Waals surface area contributed by atoms with Gasteiger partial charge in [0.05, 0.1) is 0 Å². The zero-order chi connectivity index (χ0) is 9.47. The van der Waals surface area contributed by atoms with Crippen LogP contribution >= 0.6 is 0 Å². The Hall–Kier alpha value is -0.820. The van der Waals surface area contributed by atoms with Crippen LogP contribution in [0.4, 0.5) is 0 Å². The minimum absolute atomic E-state index is 0.313. The minimum atomic E-state index is 0.313. The van der Waals surface area contributed by atoms with Crippen LogP contribution < -0.4 is 5.73 Å². The summed E-state index contributed by atoms with van der Waals surface area (Å²) in [7, 11) is 0. The number of hydrogen-bond acceptors (Lipinski definition) is 1. The lowest BCUT2D eigenvalue weighted by molar-refractivity contribution is 0.641. The van der Waals surface area contributed by atoms with Gasteiger partial charge in [-0.15, -0.1) is 0 Å². The average Bonchev–Trinajstić information content (AvgIpc) is 2.79. The second-order valence-electron chi connectivity index (χ2n) is 4.33. The van der Waals surface area contributed by atoms with Crippen LogP contribution in [0.1, 0.15) is 24.5 Å². The van der Waals surface area contributed by atoms with Gasteiger partial charge in [-0.05, 0) is 24.8 Å². The van der Waals surface area contributed by atoms with E-state index in [-0.39, 0.29) is 0 Å². The van der Waals surface area contributed by atoms with Gasteiger partial charge in [0.15, 0.2) is 0 Å². The molecule has 0 radical (unpaired) electrons. The van der Waals surface area contributed by atoms with Gasteiger partial charge in [0.2, 0.25) is 0 Å². The number of benzene rings is 1. The molecular weight excluding hydrogens is 158 g/mol. The summed E-state index contributed by atoms with van der Waals surface area (Å²) in [6, 6.07) is 8.81. The SMILES string of the molecule is Cc1ccc(C2(CN)CC2C)cc1. The summed E-state index contributed by atoms with van der Waals surface area (Å²) < 4.78 is 0. The summed E-state index contributed by atoms with van der Waals surface area (Å²) in [5, 5.41) is 0. The molecule has 1 aromatic carbocycles. The third-order valence-corrected chi connectivity index (χ3v) is 3.44. The van der Waals surface area contributed by atoms with E-state index >= 15 is 0 Å². The normalized spacial score (nSPS) is 31.8. The Morgan fingerprint density at radius 1 is 1.38 bits per heavy atom. The molecule has 0 amide bonds. The largest absolute Gasteiger partial charge is 0.330 e. The van der Waals surface area contributed by atoms with Gasteiger partial charge in [-0.25, -0.2) is 0 Å². The Kier molecular flexibility index (Phi) is 1.92. The third kappa shape index (κ3) is 1.28. The molecule has 1 aliphatic carbocycles. The van der Waals surface area contributed by atoms with Crippen LogP contribution in [-0.4, -0.2) is 6.54 Å². The Labute approximate surface area is 80.0 Å². The van der Waals surface area contributed by atoms with Crippen molar-refractivity contribution in [1.82, 2.24) is 0 Å². The van der Waals surface area contributed by atoms with Crippen LogP contribution in [0.5, 0.6) is 0 Å². The predicted octanol–water partition coefficient (Wildman–Crippen LogP) is 2.23. The molecule has 2 N–H and O–H groups in total. The molecule has 1 nitrogen and oxygen atoms in total. The lowest BCUT2D eigenvalue weighted by Gasteiger charge is -2.14. The topological polar surface area (TPSA) is 26.0 Å². The quantitative estimate of drug-likeness (QED) is 0.733. The Bertz CT molecular complexity index is 297. The van der Waals surface area contributed by atoms with Crippen LogP contribution in [0.3, 0.4) is 0 Å². The monoisotopic (exact) mass is 175 g/mol. The van der Waals surface area contributed by atoms with Gasteiger partial charge in [0.25, 0.3) is 0 Å². The molecule has 0 saturated heterocycles. The molecule has 1 aromatic rings. The lowest BCUT2D eigenvalue weighted by Crippen LogP contribution is -2.21. The van der Waals surface area contributed by atoms with Gasteiger partial charge < -0.3 is 5.73 Å². The Balaban J connectivity index is 2.31. The van der Waals surface area contributed by atoms with Crippen molar-refractivity contribution in [2.45, 2.75) is 25.7 Å². The van der Waals surface area contributed by atoms with E-state index in [2.05, 4.69) is 38.1 Å². The van der Waals surface area contributed by atoms with Crippen molar-refractivity contribution in [3.8, 4) is 0 Å². The van der Waals surface area contributed by atoms with E-state index in [1.807, 2.05) is 0 Å². The first-order valence-corrected chi connectivity index (χ1v) is 4.96. The number of rotatable bonds is 2. The van der Waals surface area contributed by atoms with Crippen molar-refractivity contribution in [3.63, 3.8) is 0 Å². The highest BCUT2D eigenvalue weighted by Crippen LogP contribution is 2.53. The van der Waals surface area contributed by atoms with Gasteiger partial charge >= 0.3 is 0 Å². The molecule has 70 valence electrons. The molecule has 0 aromatic heterocycles. The van der Waals surface area contributed by atoms with Crippen molar-refractivity contribution in [2.75, 3.05) is 6.54 Å². The molecule has 2 atom stereocenters. The number of nitrogens with two attached hydrogens (primary N) is 1. The van der Waals surface area contributed by atoms with Crippen molar-refractivity contribution in [2.24, 2.45) is 11.7 Å². The van der Waals surface area contributed by atoms with Crippen LogP contribution in [0, 0.1) is 12.8 Å². The molecule has 1 heteroatoms. The minimum Gasteiger partial charge on any atom is -0.330 e. The van der Waals surface area contributed by atoms with E-state index in [4.69, 9.17) is 5.73 Å². The van der Waals surface area contributed by atoms with Gasteiger partial charge in [-0.3, -0.25) is 0 Å². The fourth-order valence-electron chi connectivity index (χ4n) is 2.18. The second-order valence-corrected chi connectivity index (χ2v) is 4.33. The van der Waals surface area contributed by atoms with Crippen molar-refractivity contribution < 1.29 is 0 Å². The summed E-state index contributed by atoms with van der Waals surface area (Å²) in [6.45, 7) is 5.19. The first kappa shape index (κ1) is 8.76. The maximum absolute atomic E-state index is 5.83. The van der Waals surface area contributed by atoms with Gasteiger partial charge in [-0.2, -0.15) is 0 Å². The van der Waals surface area contributed by atoms with E-state index < -0.39 is 0 Å². The number of hydrogen-bond donors (Lipinski definition) is 1. The van der Waals surface area contributed by atoms with E-state index in [1.54, 1.807) is 0 Å². The highest BCUT2D eigenvalue weighted by molar-refractivity contribution is 5.35. The molecule has 1 saturated carbocycles. The van der Waals surface area contributed by atoms with Crippen LogP contribution in [0.2, 0.25) is 0 Å². The highest BCUT2D eigenvalue weighted by Gasteiger charge is 2.50. The fourth-order valence-corrected chi connectivity index (χ4v) is 2.18. The zero-order valence-electron chi connectivity index (χ0n) is 8.38. The molecule has 2 unspecified atom stereocenters. The molecule has 1 fully saturated rings. The van der Waals surface area contributed by atoms with E-state index in [1.165, 1.54) is 17.5 Å². The van der Waals surface area contributed by atoms with Gasteiger partial charge in [0, 0.05) is 12.0 Å². The molecule has 13 heavy (non-hydrogen) atoms. The van der Waals surface area contributed by atoms with Crippen molar-refractivity contribution >= 4 is 0 Å². The van der Waals surface area contributed by atoms with Crippen molar-refractivity contribution in [3.05, 3.63) is 35.4 Å². The summed E-state index contributed by atoms with van der Waals surface area (Å²) >= 11 is 0. The molecule has 0 spiro atoms. The molecule has 0 aliphatic heterocycles. The summed E-state index contributed by atoms with van der Waals surface area (Å²) in [6.07, 6.45) is 1.26. The Morgan fingerprint density at radius 3 is 2.31 bits per heavy atom. The van der Waals surface area contributed by atoms with Crippen LogP contribution in [-0.2, 0) is 5.41 Å². The van der Waals surface area contributed by atoms with E-state index in [9.17, 15) is 0 Å². The third-order valence-electron chi connectivity index (χ3n) is 3.44. The molecular formula is C12H17N. The highest BCUT2D eigenvalue weighted by atomic mass is 14.7. The zero-order valence-corrected chi connectivity index (χ0v) is 8.38. The molecule has 0 heterocycles.